The largest absolute Gasteiger partial charge is 0.480 e. The summed E-state index contributed by atoms with van der Waals surface area (Å²) in [4.78, 5) is 35.9. The van der Waals surface area contributed by atoms with Crippen molar-refractivity contribution >= 4 is 17.9 Å². The number of aliphatic carboxylic acids is 1. The number of carbonyl (C=O) groups is 3. The summed E-state index contributed by atoms with van der Waals surface area (Å²) in [5, 5.41) is 14.4. The fourth-order valence-electron chi connectivity index (χ4n) is 1.95. The summed E-state index contributed by atoms with van der Waals surface area (Å²) in [6.45, 7) is 2.70. The SMILES string of the molecule is CCNC(=O)CN(C)C(=O)NC1(C(=O)O)CCOCC1. The van der Waals surface area contributed by atoms with Crippen molar-refractivity contribution in [3.8, 4) is 0 Å². The van der Waals surface area contributed by atoms with Crippen LogP contribution in [0.1, 0.15) is 19.8 Å². The second-order valence-electron chi connectivity index (χ2n) is 4.74. The maximum Gasteiger partial charge on any atom is 0.329 e. The first-order valence-corrected chi connectivity index (χ1v) is 6.52. The highest BCUT2D eigenvalue weighted by Crippen LogP contribution is 2.21. The average Bonchev–Trinajstić information content (AvgIpc) is 2.39. The third-order valence-corrected chi connectivity index (χ3v) is 3.20. The van der Waals surface area contributed by atoms with E-state index in [1.165, 1.54) is 7.05 Å². The van der Waals surface area contributed by atoms with Gasteiger partial charge in [-0.15, -0.1) is 0 Å². The Hall–Kier alpha value is -1.83. The number of carboxylic acids is 1. The smallest absolute Gasteiger partial charge is 0.329 e. The van der Waals surface area contributed by atoms with E-state index >= 15 is 0 Å². The van der Waals surface area contributed by atoms with Gasteiger partial charge in [-0.2, -0.15) is 0 Å². The van der Waals surface area contributed by atoms with E-state index in [0.717, 1.165) is 4.90 Å². The summed E-state index contributed by atoms with van der Waals surface area (Å²) in [5.41, 5.74) is -1.31. The monoisotopic (exact) mass is 287 g/mol. The molecule has 0 saturated carbocycles. The standard InChI is InChI=1S/C12H21N3O5/c1-3-13-9(16)8-15(2)11(19)14-12(10(17)18)4-6-20-7-5-12/h3-8H2,1-2H3,(H,13,16)(H,14,19)(H,17,18). The van der Waals surface area contributed by atoms with Gasteiger partial charge in [-0.3, -0.25) is 4.79 Å². The molecule has 1 fully saturated rings. The van der Waals surface area contributed by atoms with Crippen LogP contribution in [0.25, 0.3) is 0 Å². The van der Waals surface area contributed by atoms with E-state index < -0.39 is 17.5 Å². The van der Waals surface area contributed by atoms with Crippen LogP contribution < -0.4 is 10.6 Å². The molecule has 1 aliphatic rings. The molecule has 1 heterocycles. The van der Waals surface area contributed by atoms with Gasteiger partial charge in [0.2, 0.25) is 5.91 Å². The molecule has 0 bridgehead atoms. The van der Waals surface area contributed by atoms with Crippen LogP contribution in [0.2, 0.25) is 0 Å². The quantitative estimate of drug-likeness (QED) is 0.625. The molecule has 1 aliphatic heterocycles. The summed E-state index contributed by atoms with van der Waals surface area (Å²) in [6.07, 6.45) is 0.423. The van der Waals surface area contributed by atoms with Gasteiger partial charge in [-0.1, -0.05) is 0 Å². The number of hydrogen-bond donors (Lipinski definition) is 3. The second kappa shape index (κ2) is 7.09. The normalized spacial score (nSPS) is 17.1. The molecule has 0 unspecified atom stereocenters. The topological polar surface area (TPSA) is 108 Å². The molecule has 0 aromatic carbocycles. The molecule has 0 aromatic heterocycles. The van der Waals surface area contributed by atoms with Crippen LogP contribution in [0.3, 0.4) is 0 Å². The Kier molecular flexibility index (Phi) is 5.75. The Morgan fingerprint density at radius 2 is 1.90 bits per heavy atom. The predicted octanol–water partition coefficient (Wildman–Crippen LogP) is -0.602. The molecular weight excluding hydrogens is 266 g/mol. The van der Waals surface area contributed by atoms with Crippen molar-refractivity contribution in [3.63, 3.8) is 0 Å². The first-order chi connectivity index (χ1) is 9.41. The molecule has 0 radical (unpaired) electrons. The highest BCUT2D eigenvalue weighted by Gasteiger charge is 2.42. The van der Waals surface area contributed by atoms with Crippen LogP contribution >= 0.6 is 0 Å². The fraction of sp³-hybridized carbons (Fsp3) is 0.750. The van der Waals surface area contributed by atoms with Crippen LogP contribution in [0.4, 0.5) is 4.79 Å². The number of urea groups is 1. The molecule has 20 heavy (non-hydrogen) atoms. The summed E-state index contributed by atoms with van der Waals surface area (Å²) >= 11 is 0. The zero-order valence-electron chi connectivity index (χ0n) is 11.8. The van der Waals surface area contributed by atoms with Gasteiger partial charge in [-0.05, 0) is 6.92 Å². The van der Waals surface area contributed by atoms with E-state index in [1.807, 2.05) is 0 Å². The van der Waals surface area contributed by atoms with Gasteiger partial charge < -0.3 is 25.4 Å². The molecule has 8 nitrogen and oxygen atoms in total. The van der Waals surface area contributed by atoms with Gasteiger partial charge in [0.1, 0.15) is 12.1 Å². The van der Waals surface area contributed by atoms with Crippen molar-refractivity contribution in [1.29, 1.82) is 0 Å². The number of carbonyl (C=O) groups excluding carboxylic acids is 2. The van der Waals surface area contributed by atoms with Gasteiger partial charge >= 0.3 is 12.0 Å². The molecule has 0 aliphatic carbocycles. The van der Waals surface area contributed by atoms with Crippen molar-refractivity contribution in [2.45, 2.75) is 25.3 Å². The Bertz CT molecular complexity index is 379. The van der Waals surface area contributed by atoms with Gasteiger partial charge in [0, 0.05) is 39.6 Å². The third kappa shape index (κ3) is 4.09. The third-order valence-electron chi connectivity index (χ3n) is 3.20. The van der Waals surface area contributed by atoms with Crippen molar-refractivity contribution in [2.75, 3.05) is 33.4 Å². The molecule has 3 N–H and O–H groups in total. The summed E-state index contributed by atoms with van der Waals surface area (Å²) in [7, 11) is 1.44. The number of carboxylic acid groups (broad SMARTS) is 1. The van der Waals surface area contributed by atoms with E-state index in [1.54, 1.807) is 6.92 Å². The maximum atomic E-state index is 12.0. The van der Waals surface area contributed by atoms with Gasteiger partial charge in [0.05, 0.1) is 0 Å². The van der Waals surface area contributed by atoms with E-state index in [0.29, 0.717) is 6.54 Å². The minimum atomic E-state index is -1.31. The highest BCUT2D eigenvalue weighted by molar-refractivity contribution is 5.88. The van der Waals surface area contributed by atoms with E-state index in [4.69, 9.17) is 4.74 Å². The molecular formula is C12H21N3O5. The molecule has 0 spiro atoms. The molecule has 0 atom stereocenters. The molecule has 3 amide bonds. The average molecular weight is 287 g/mol. The summed E-state index contributed by atoms with van der Waals surface area (Å²) in [5.74, 6) is -1.37. The van der Waals surface area contributed by atoms with Gasteiger partial charge in [0.25, 0.3) is 0 Å². The minimum absolute atomic E-state index is 0.119. The molecule has 1 saturated heterocycles. The minimum Gasteiger partial charge on any atom is -0.480 e. The van der Waals surface area contributed by atoms with Crippen molar-refractivity contribution in [2.24, 2.45) is 0 Å². The van der Waals surface area contributed by atoms with Crippen LogP contribution in [-0.2, 0) is 14.3 Å². The van der Waals surface area contributed by atoms with Crippen LogP contribution in [0, 0.1) is 0 Å². The van der Waals surface area contributed by atoms with Crippen molar-refractivity contribution in [3.05, 3.63) is 0 Å². The lowest BCUT2D eigenvalue weighted by Crippen LogP contribution is -2.60. The van der Waals surface area contributed by atoms with Crippen LogP contribution in [0.15, 0.2) is 0 Å². The zero-order chi connectivity index (χ0) is 15.2. The number of likely N-dealkylation sites (N-methyl/N-ethyl adjacent to an activating group) is 2. The van der Waals surface area contributed by atoms with Crippen LogP contribution in [0.5, 0.6) is 0 Å². The predicted molar refractivity (Wildman–Crippen MR) is 70.3 cm³/mol. The number of nitrogens with zero attached hydrogens (tertiary/aromatic N) is 1. The first kappa shape index (κ1) is 16.2. The van der Waals surface area contributed by atoms with Gasteiger partial charge in [-0.25, -0.2) is 9.59 Å². The maximum absolute atomic E-state index is 12.0. The summed E-state index contributed by atoms with van der Waals surface area (Å²) in [6, 6.07) is -0.583. The Labute approximate surface area is 117 Å². The zero-order valence-corrected chi connectivity index (χ0v) is 11.8. The van der Waals surface area contributed by atoms with Crippen molar-refractivity contribution < 1.29 is 24.2 Å². The van der Waals surface area contributed by atoms with E-state index in [9.17, 15) is 19.5 Å². The lowest BCUT2D eigenvalue weighted by atomic mass is 9.90. The second-order valence-corrected chi connectivity index (χ2v) is 4.74. The molecule has 1 rings (SSSR count). The van der Waals surface area contributed by atoms with E-state index in [-0.39, 0.29) is 38.5 Å². The highest BCUT2D eigenvalue weighted by atomic mass is 16.5. The molecule has 0 aromatic rings. The molecule has 114 valence electrons. The fourth-order valence-corrected chi connectivity index (χ4v) is 1.95. The van der Waals surface area contributed by atoms with E-state index in [2.05, 4.69) is 10.6 Å². The van der Waals surface area contributed by atoms with Crippen molar-refractivity contribution in [1.82, 2.24) is 15.5 Å². The van der Waals surface area contributed by atoms with Crippen LogP contribution in [-0.4, -0.2) is 66.8 Å². The Morgan fingerprint density at radius 3 is 2.40 bits per heavy atom. The lowest BCUT2D eigenvalue weighted by molar-refractivity contribution is -0.148. The number of rotatable bonds is 5. The van der Waals surface area contributed by atoms with Gasteiger partial charge in [0.15, 0.2) is 0 Å². The Balaban J connectivity index is 2.62. The molecule has 8 heteroatoms. The number of ether oxygens (including phenoxy) is 1. The summed E-state index contributed by atoms with van der Waals surface area (Å²) < 4.78 is 5.12. The number of amides is 3. The Morgan fingerprint density at radius 1 is 1.30 bits per heavy atom. The number of nitrogens with one attached hydrogen (secondary N) is 2. The first-order valence-electron chi connectivity index (χ1n) is 6.52. The lowest BCUT2D eigenvalue weighted by Gasteiger charge is -2.35. The number of hydrogen-bond acceptors (Lipinski definition) is 4.